The maximum atomic E-state index is 5.94. The molecule has 134 valence electrons. The molecular weight excluding hydrogens is 384 g/mol. The highest BCUT2D eigenvalue weighted by molar-refractivity contribution is 9.08. The third-order valence-corrected chi connectivity index (χ3v) is 5.30. The van der Waals surface area contributed by atoms with Crippen molar-refractivity contribution in [2.24, 2.45) is 0 Å². The lowest BCUT2D eigenvalue weighted by Gasteiger charge is -2.24. The Hall–Kier alpha value is -2.06. The van der Waals surface area contributed by atoms with Gasteiger partial charge in [-0.05, 0) is 39.8 Å². The number of halogens is 1. The third kappa shape index (κ3) is 3.71. The zero-order valence-corrected chi connectivity index (χ0v) is 17.4. The van der Waals surface area contributed by atoms with Gasteiger partial charge in [-0.2, -0.15) is 0 Å². The number of ether oxygens (including phenoxy) is 1. The molecule has 0 radical (unpaired) electrons. The van der Waals surface area contributed by atoms with Gasteiger partial charge in [0.05, 0.1) is 7.11 Å². The summed E-state index contributed by atoms with van der Waals surface area (Å²) in [6.45, 7) is 6.76. The molecule has 0 heterocycles. The minimum Gasteiger partial charge on any atom is -0.495 e. The van der Waals surface area contributed by atoms with Crippen molar-refractivity contribution in [3.63, 3.8) is 0 Å². The lowest BCUT2D eigenvalue weighted by atomic mass is 9.82. The summed E-state index contributed by atoms with van der Waals surface area (Å²) in [6, 6.07) is 23.5. The molecule has 2 heteroatoms. The van der Waals surface area contributed by atoms with E-state index in [4.69, 9.17) is 4.74 Å². The first-order valence-corrected chi connectivity index (χ1v) is 10.00. The maximum absolute atomic E-state index is 5.94. The Morgan fingerprint density at radius 3 is 2.04 bits per heavy atom. The molecule has 0 saturated carbocycles. The molecule has 3 rings (SSSR count). The van der Waals surface area contributed by atoms with E-state index in [-0.39, 0.29) is 5.41 Å². The topological polar surface area (TPSA) is 9.23 Å². The van der Waals surface area contributed by atoms with Crippen molar-refractivity contribution in [2.45, 2.75) is 31.5 Å². The summed E-state index contributed by atoms with van der Waals surface area (Å²) in [5, 5.41) is 0.812. The molecule has 0 bridgehead atoms. The van der Waals surface area contributed by atoms with Crippen LogP contribution in [0.4, 0.5) is 0 Å². The largest absolute Gasteiger partial charge is 0.495 e. The average Bonchev–Trinajstić information content (AvgIpc) is 2.66. The van der Waals surface area contributed by atoms with Crippen molar-refractivity contribution >= 4 is 15.9 Å². The van der Waals surface area contributed by atoms with Crippen LogP contribution in [-0.4, -0.2) is 7.11 Å². The summed E-state index contributed by atoms with van der Waals surface area (Å²) in [5.74, 6) is 0.928. The molecule has 0 fully saturated rings. The maximum Gasteiger partial charge on any atom is 0.134 e. The Kier molecular flexibility index (Phi) is 5.52. The van der Waals surface area contributed by atoms with Crippen molar-refractivity contribution in [1.82, 2.24) is 0 Å². The quantitative estimate of drug-likeness (QED) is 0.413. The van der Waals surface area contributed by atoms with Crippen LogP contribution in [0.25, 0.3) is 22.3 Å². The Morgan fingerprint density at radius 2 is 1.42 bits per heavy atom. The van der Waals surface area contributed by atoms with Gasteiger partial charge in [-0.15, -0.1) is 0 Å². The second-order valence-electron chi connectivity index (χ2n) is 7.51. The highest BCUT2D eigenvalue weighted by Crippen LogP contribution is 2.43. The summed E-state index contributed by atoms with van der Waals surface area (Å²) < 4.78 is 5.94. The SMILES string of the molecule is COc1c(-c2ccccc2)cc(C(C)(C)C)cc1-c1ccccc1CBr. The van der Waals surface area contributed by atoms with Gasteiger partial charge in [0.15, 0.2) is 0 Å². The van der Waals surface area contributed by atoms with Crippen LogP contribution in [0.5, 0.6) is 5.75 Å². The Balaban J connectivity index is 2.36. The monoisotopic (exact) mass is 408 g/mol. The predicted molar refractivity (Wildman–Crippen MR) is 115 cm³/mol. The Bertz CT molecular complexity index is 892. The molecule has 0 saturated heterocycles. The van der Waals surface area contributed by atoms with Crippen LogP contribution in [0.3, 0.4) is 0 Å². The zero-order valence-electron chi connectivity index (χ0n) is 15.8. The van der Waals surface area contributed by atoms with Gasteiger partial charge in [0.2, 0.25) is 0 Å². The minimum atomic E-state index is 0.0495. The van der Waals surface area contributed by atoms with Crippen molar-refractivity contribution in [2.75, 3.05) is 7.11 Å². The van der Waals surface area contributed by atoms with E-state index in [0.717, 1.165) is 22.2 Å². The van der Waals surface area contributed by atoms with Crippen LogP contribution in [0, 0.1) is 0 Å². The first-order valence-electron chi connectivity index (χ1n) is 8.88. The normalized spacial score (nSPS) is 11.4. The van der Waals surface area contributed by atoms with E-state index in [1.807, 2.05) is 6.07 Å². The molecule has 0 N–H and O–H groups in total. The van der Waals surface area contributed by atoms with E-state index in [9.17, 15) is 0 Å². The molecule has 3 aromatic carbocycles. The smallest absolute Gasteiger partial charge is 0.134 e. The lowest BCUT2D eigenvalue weighted by Crippen LogP contribution is -2.12. The molecule has 0 unspecified atom stereocenters. The molecule has 0 aliphatic rings. The second-order valence-corrected chi connectivity index (χ2v) is 8.07. The summed E-state index contributed by atoms with van der Waals surface area (Å²) in [5.41, 5.74) is 7.28. The fourth-order valence-corrected chi connectivity index (χ4v) is 3.70. The molecule has 26 heavy (non-hydrogen) atoms. The summed E-state index contributed by atoms with van der Waals surface area (Å²) in [7, 11) is 1.76. The molecule has 0 amide bonds. The highest BCUT2D eigenvalue weighted by atomic mass is 79.9. The fourth-order valence-electron chi connectivity index (χ4n) is 3.21. The summed E-state index contributed by atoms with van der Waals surface area (Å²) in [6.07, 6.45) is 0. The predicted octanol–water partition coefficient (Wildman–Crippen LogP) is 7.22. The van der Waals surface area contributed by atoms with Gasteiger partial charge in [0, 0.05) is 16.5 Å². The van der Waals surface area contributed by atoms with Gasteiger partial charge < -0.3 is 4.74 Å². The van der Waals surface area contributed by atoms with E-state index in [1.165, 1.54) is 22.3 Å². The first kappa shape index (κ1) is 18.7. The second kappa shape index (κ2) is 7.67. The van der Waals surface area contributed by atoms with Crippen molar-refractivity contribution < 1.29 is 4.74 Å². The summed E-state index contributed by atoms with van der Waals surface area (Å²) in [4.78, 5) is 0. The molecule has 0 aliphatic heterocycles. The summed E-state index contributed by atoms with van der Waals surface area (Å²) >= 11 is 3.63. The average molecular weight is 409 g/mol. The zero-order chi connectivity index (χ0) is 18.7. The van der Waals surface area contributed by atoms with Crippen LogP contribution in [0.15, 0.2) is 66.7 Å². The van der Waals surface area contributed by atoms with Gasteiger partial charge in [0.1, 0.15) is 5.75 Å². The van der Waals surface area contributed by atoms with Crippen LogP contribution in [0.2, 0.25) is 0 Å². The van der Waals surface area contributed by atoms with Gasteiger partial charge in [-0.25, -0.2) is 0 Å². The number of alkyl halides is 1. The molecule has 0 spiro atoms. The van der Waals surface area contributed by atoms with E-state index < -0.39 is 0 Å². The van der Waals surface area contributed by atoms with Gasteiger partial charge >= 0.3 is 0 Å². The minimum absolute atomic E-state index is 0.0495. The molecule has 1 nitrogen and oxygen atoms in total. The van der Waals surface area contributed by atoms with Gasteiger partial charge in [0.25, 0.3) is 0 Å². The molecule has 0 aromatic heterocycles. The van der Waals surface area contributed by atoms with Crippen LogP contribution >= 0.6 is 15.9 Å². The number of hydrogen-bond donors (Lipinski definition) is 0. The van der Waals surface area contributed by atoms with Gasteiger partial charge in [-0.3, -0.25) is 0 Å². The highest BCUT2D eigenvalue weighted by Gasteiger charge is 2.22. The molecule has 3 aromatic rings. The van der Waals surface area contributed by atoms with E-state index in [0.29, 0.717) is 0 Å². The fraction of sp³-hybridized carbons (Fsp3) is 0.250. The first-order chi connectivity index (χ1) is 12.5. The van der Waals surface area contributed by atoms with Crippen molar-refractivity contribution in [3.05, 3.63) is 77.9 Å². The van der Waals surface area contributed by atoms with Crippen LogP contribution in [-0.2, 0) is 10.7 Å². The molecule has 0 atom stereocenters. The van der Waals surface area contributed by atoms with Crippen molar-refractivity contribution in [1.29, 1.82) is 0 Å². The third-order valence-electron chi connectivity index (χ3n) is 4.70. The molecular formula is C24H25BrO. The molecule has 0 aliphatic carbocycles. The van der Waals surface area contributed by atoms with Gasteiger partial charge in [-0.1, -0.05) is 91.3 Å². The number of hydrogen-bond acceptors (Lipinski definition) is 1. The van der Waals surface area contributed by atoms with E-state index >= 15 is 0 Å². The Morgan fingerprint density at radius 1 is 0.808 bits per heavy atom. The number of rotatable bonds is 4. The number of benzene rings is 3. The van der Waals surface area contributed by atoms with Crippen LogP contribution in [0.1, 0.15) is 31.9 Å². The Labute approximate surface area is 165 Å². The van der Waals surface area contributed by atoms with E-state index in [2.05, 4.69) is 97.4 Å². The standard InChI is InChI=1S/C24H25BrO/c1-24(2,3)19-14-21(17-10-6-5-7-11-17)23(26-4)22(15-19)20-13-9-8-12-18(20)16-25/h5-15H,16H2,1-4H3. The van der Waals surface area contributed by atoms with E-state index in [1.54, 1.807) is 7.11 Å². The van der Waals surface area contributed by atoms with Crippen LogP contribution < -0.4 is 4.74 Å². The number of methoxy groups -OCH3 is 1. The van der Waals surface area contributed by atoms with Crippen molar-refractivity contribution in [3.8, 4) is 28.0 Å². The lowest BCUT2D eigenvalue weighted by molar-refractivity contribution is 0.417.